The highest BCUT2D eigenvalue weighted by Gasteiger charge is 2.18. The van der Waals surface area contributed by atoms with Crippen LogP contribution in [0.5, 0.6) is 11.5 Å². The van der Waals surface area contributed by atoms with Crippen LogP contribution in [0, 0.1) is 0 Å². The lowest BCUT2D eigenvalue weighted by atomic mass is 10.0. The number of ether oxygens (including phenoxy) is 1. The van der Waals surface area contributed by atoms with Crippen LogP contribution in [0.2, 0.25) is 0 Å². The minimum absolute atomic E-state index is 0.173. The first-order valence-corrected chi connectivity index (χ1v) is 7.57. The Kier molecular flexibility index (Phi) is 7.41. The van der Waals surface area contributed by atoms with Gasteiger partial charge in [0.1, 0.15) is 0 Å². The lowest BCUT2D eigenvalue weighted by Crippen LogP contribution is -2.34. The van der Waals surface area contributed by atoms with Crippen LogP contribution in [-0.2, 0) is 0 Å². The Morgan fingerprint density at radius 1 is 1.30 bits per heavy atom. The smallest absolute Gasteiger partial charge is 0.161 e. The Balaban J connectivity index is 2.95. The van der Waals surface area contributed by atoms with Gasteiger partial charge in [-0.25, -0.2) is 0 Å². The first-order valence-electron chi connectivity index (χ1n) is 7.57. The van der Waals surface area contributed by atoms with Crippen molar-refractivity contribution < 1.29 is 9.84 Å². The summed E-state index contributed by atoms with van der Waals surface area (Å²) in [6.45, 7) is 9.37. The number of phenolic OH excluding ortho intramolecular Hbond substituents is 1. The second-order valence-corrected chi connectivity index (χ2v) is 4.89. The molecule has 1 rings (SSSR count). The average Bonchev–Trinajstić information content (AvgIpc) is 2.46. The van der Waals surface area contributed by atoms with Crippen molar-refractivity contribution in [1.82, 2.24) is 4.90 Å². The number of rotatable bonds is 9. The molecule has 1 unspecified atom stereocenters. The second-order valence-electron chi connectivity index (χ2n) is 4.89. The van der Waals surface area contributed by atoms with Crippen molar-refractivity contribution in [2.24, 2.45) is 5.73 Å². The van der Waals surface area contributed by atoms with E-state index in [0.717, 1.165) is 18.7 Å². The van der Waals surface area contributed by atoms with Crippen LogP contribution in [0.1, 0.15) is 45.2 Å². The maximum Gasteiger partial charge on any atom is 0.161 e. The third kappa shape index (κ3) is 4.39. The van der Waals surface area contributed by atoms with E-state index in [2.05, 4.69) is 18.7 Å². The molecule has 114 valence electrons. The fraction of sp³-hybridized carbons (Fsp3) is 0.625. The van der Waals surface area contributed by atoms with Crippen molar-refractivity contribution in [3.05, 3.63) is 23.8 Å². The molecular weight excluding hydrogens is 252 g/mol. The Hall–Kier alpha value is -1.26. The maximum absolute atomic E-state index is 9.79. The Morgan fingerprint density at radius 3 is 2.60 bits per heavy atom. The molecule has 0 saturated carbocycles. The first kappa shape index (κ1) is 16.8. The van der Waals surface area contributed by atoms with E-state index >= 15 is 0 Å². The quantitative estimate of drug-likeness (QED) is 0.730. The van der Waals surface area contributed by atoms with Gasteiger partial charge in [-0.1, -0.05) is 26.3 Å². The number of aromatic hydroxyl groups is 1. The molecule has 0 aromatic heterocycles. The van der Waals surface area contributed by atoms with Crippen molar-refractivity contribution in [2.75, 3.05) is 26.2 Å². The van der Waals surface area contributed by atoms with Crippen molar-refractivity contribution in [3.63, 3.8) is 0 Å². The van der Waals surface area contributed by atoms with E-state index in [-0.39, 0.29) is 11.8 Å². The lowest BCUT2D eigenvalue weighted by molar-refractivity contribution is 0.208. The van der Waals surface area contributed by atoms with E-state index in [1.807, 2.05) is 19.1 Å². The molecule has 1 atom stereocenters. The summed E-state index contributed by atoms with van der Waals surface area (Å²) in [6, 6.07) is 5.71. The molecule has 4 heteroatoms. The molecule has 20 heavy (non-hydrogen) atoms. The number of hydrogen-bond donors (Lipinski definition) is 2. The van der Waals surface area contributed by atoms with Gasteiger partial charge in [-0.15, -0.1) is 0 Å². The molecule has 0 radical (unpaired) electrons. The van der Waals surface area contributed by atoms with E-state index in [4.69, 9.17) is 10.5 Å². The van der Waals surface area contributed by atoms with Crippen LogP contribution in [0.4, 0.5) is 0 Å². The lowest BCUT2D eigenvalue weighted by Gasteiger charge is -2.30. The van der Waals surface area contributed by atoms with Gasteiger partial charge < -0.3 is 15.6 Å². The minimum Gasteiger partial charge on any atom is -0.504 e. The minimum atomic E-state index is 0.173. The monoisotopic (exact) mass is 280 g/mol. The van der Waals surface area contributed by atoms with E-state index < -0.39 is 0 Å². The predicted octanol–water partition coefficient (Wildman–Crippen LogP) is 2.91. The molecule has 4 nitrogen and oxygen atoms in total. The van der Waals surface area contributed by atoms with Crippen LogP contribution < -0.4 is 10.5 Å². The zero-order valence-corrected chi connectivity index (χ0v) is 12.9. The molecule has 1 aromatic carbocycles. The number of unbranched alkanes of at least 4 members (excludes halogenated alkanes) is 1. The maximum atomic E-state index is 9.79. The zero-order chi connectivity index (χ0) is 15.0. The van der Waals surface area contributed by atoms with Gasteiger partial charge in [0, 0.05) is 12.6 Å². The third-order valence-corrected chi connectivity index (χ3v) is 3.54. The van der Waals surface area contributed by atoms with E-state index in [1.165, 1.54) is 12.8 Å². The van der Waals surface area contributed by atoms with Crippen molar-refractivity contribution in [1.29, 1.82) is 0 Å². The van der Waals surface area contributed by atoms with Crippen molar-refractivity contribution >= 4 is 0 Å². The van der Waals surface area contributed by atoms with Gasteiger partial charge in [-0.2, -0.15) is 0 Å². The molecule has 0 heterocycles. The molecule has 0 aliphatic carbocycles. The van der Waals surface area contributed by atoms with E-state index in [9.17, 15) is 5.11 Å². The molecule has 0 saturated heterocycles. The Bertz CT molecular complexity index is 396. The van der Waals surface area contributed by atoms with E-state index in [1.54, 1.807) is 6.07 Å². The molecule has 3 N–H and O–H groups in total. The predicted molar refractivity (Wildman–Crippen MR) is 83.2 cm³/mol. The Morgan fingerprint density at radius 2 is 2.05 bits per heavy atom. The van der Waals surface area contributed by atoms with Gasteiger partial charge in [-0.05, 0) is 44.1 Å². The van der Waals surface area contributed by atoms with Crippen molar-refractivity contribution in [2.45, 2.75) is 39.7 Å². The van der Waals surface area contributed by atoms with Gasteiger partial charge in [0.25, 0.3) is 0 Å². The van der Waals surface area contributed by atoms with Crippen LogP contribution in [0.25, 0.3) is 0 Å². The fourth-order valence-corrected chi connectivity index (χ4v) is 2.40. The van der Waals surface area contributed by atoms with Gasteiger partial charge in [-0.3, -0.25) is 4.90 Å². The summed E-state index contributed by atoms with van der Waals surface area (Å²) in [5, 5.41) is 9.79. The molecule has 0 fully saturated rings. The number of hydrogen-bond acceptors (Lipinski definition) is 4. The summed E-state index contributed by atoms with van der Waals surface area (Å²) in [4.78, 5) is 2.38. The molecular formula is C16H28N2O2. The Labute approximate surface area is 122 Å². The summed E-state index contributed by atoms with van der Waals surface area (Å²) in [7, 11) is 0. The topological polar surface area (TPSA) is 58.7 Å². The summed E-state index contributed by atoms with van der Waals surface area (Å²) in [5.41, 5.74) is 7.07. The molecule has 0 spiro atoms. The summed E-state index contributed by atoms with van der Waals surface area (Å²) >= 11 is 0. The number of likely N-dealkylation sites (N-methyl/N-ethyl adjacent to an activating group) is 1. The third-order valence-electron chi connectivity index (χ3n) is 3.54. The zero-order valence-electron chi connectivity index (χ0n) is 12.9. The number of phenols is 1. The first-order chi connectivity index (χ1) is 9.67. The second kappa shape index (κ2) is 8.82. The van der Waals surface area contributed by atoms with Crippen LogP contribution in [0.15, 0.2) is 18.2 Å². The largest absolute Gasteiger partial charge is 0.504 e. The van der Waals surface area contributed by atoms with Crippen LogP contribution >= 0.6 is 0 Å². The molecule has 0 bridgehead atoms. The van der Waals surface area contributed by atoms with E-state index in [0.29, 0.717) is 18.9 Å². The van der Waals surface area contributed by atoms with Crippen LogP contribution in [-0.4, -0.2) is 36.2 Å². The molecule has 0 aliphatic rings. The van der Waals surface area contributed by atoms with Gasteiger partial charge in [0.05, 0.1) is 6.61 Å². The van der Waals surface area contributed by atoms with Gasteiger partial charge in [0.2, 0.25) is 0 Å². The van der Waals surface area contributed by atoms with Gasteiger partial charge >= 0.3 is 0 Å². The normalized spacial score (nSPS) is 12.7. The highest BCUT2D eigenvalue weighted by atomic mass is 16.5. The highest BCUT2D eigenvalue weighted by molar-refractivity contribution is 5.42. The van der Waals surface area contributed by atoms with Crippen LogP contribution in [0.3, 0.4) is 0 Å². The summed E-state index contributed by atoms with van der Waals surface area (Å²) in [5.74, 6) is 0.720. The molecule has 1 aromatic rings. The highest BCUT2D eigenvalue weighted by Crippen LogP contribution is 2.31. The fourth-order valence-electron chi connectivity index (χ4n) is 2.40. The number of benzene rings is 1. The number of nitrogens with two attached hydrogens (primary N) is 1. The number of nitrogens with zero attached hydrogens (tertiary/aromatic N) is 1. The molecule has 0 aliphatic heterocycles. The van der Waals surface area contributed by atoms with Gasteiger partial charge in [0.15, 0.2) is 11.5 Å². The van der Waals surface area contributed by atoms with Crippen molar-refractivity contribution in [3.8, 4) is 11.5 Å². The SMILES string of the molecule is CCCCN(CC)C(CN)c1ccc(O)c(OCC)c1. The average molecular weight is 280 g/mol. The summed E-state index contributed by atoms with van der Waals surface area (Å²) < 4.78 is 5.46. The standard InChI is InChI=1S/C16H28N2O2/c1-4-7-10-18(5-2)14(12-17)13-8-9-15(19)16(11-13)20-6-3/h8-9,11,14,19H,4-7,10,12,17H2,1-3H3. The molecule has 0 amide bonds. The summed E-state index contributed by atoms with van der Waals surface area (Å²) in [6.07, 6.45) is 2.34.